The molecule has 0 saturated carbocycles. The van der Waals surface area contributed by atoms with Gasteiger partial charge in [0.2, 0.25) is 0 Å². The van der Waals surface area contributed by atoms with E-state index in [1.165, 1.54) is 10.5 Å². The fourth-order valence-corrected chi connectivity index (χ4v) is 4.10. The maximum atomic E-state index is 12.9. The zero-order valence-electron chi connectivity index (χ0n) is 15.7. The lowest BCUT2D eigenvalue weighted by atomic mass is 10.0. The standard InChI is InChI=1S/C22H26N4O/c27-22(26-21(11-12-23-26)20-9-5-2-6-10-20)18-25-15-13-24(14-16-25)17-19-7-3-1-4-8-19/h1-10,12,21H,11,13-18H2/p+2/t21-/m0/s1. The minimum atomic E-state index is 0.0584. The highest BCUT2D eigenvalue weighted by Crippen LogP contribution is 2.27. The van der Waals surface area contributed by atoms with Crippen molar-refractivity contribution in [3.8, 4) is 0 Å². The van der Waals surface area contributed by atoms with Crippen LogP contribution in [-0.4, -0.2) is 49.9 Å². The summed E-state index contributed by atoms with van der Waals surface area (Å²) in [7, 11) is 0. The van der Waals surface area contributed by atoms with E-state index in [0.29, 0.717) is 6.54 Å². The lowest BCUT2D eigenvalue weighted by molar-refractivity contribution is -1.02. The van der Waals surface area contributed by atoms with Crippen molar-refractivity contribution in [2.45, 2.75) is 19.0 Å². The third kappa shape index (κ3) is 4.43. The molecule has 1 fully saturated rings. The highest BCUT2D eigenvalue weighted by molar-refractivity contribution is 5.80. The quantitative estimate of drug-likeness (QED) is 0.766. The van der Waals surface area contributed by atoms with Crippen LogP contribution in [0.4, 0.5) is 0 Å². The molecule has 0 aromatic heterocycles. The summed E-state index contributed by atoms with van der Waals surface area (Å²) in [6.45, 7) is 5.93. The van der Waals surface area contributed by atoms with E-state index in [2.05, 4.69) is 47.6 Å². The fourth-order valence-electron chi connectivity index (χ4n) is 4.10. The van der Waals surface area contributed by atoms with Crippen molar-refractivity contribution < 1.29 is 14.6 Å². The zero-order chi connectivity index (χ0) is 18.5. The molecule has 0 unspecified atom stereocenters. The molecule has 4 rings (SSSR count). The molecule has 0 spiro atoms. The molecule has 0 aliphatic carbocycles. The van der Waals surface area contributed by atoms with Gasteiger partial charge in [-0.2, -0.15) is 5.10 Å². The van der Waals surface area contributed by atoms with Gasteiger partial charge in [-0.1, -0.05) is 60.7 Å². The first-order chi connectivity index (χ1) is 13.3. The molecule has 2 aliphatic heterocycles. The van der Waals surface area contributed by atoms with Gasteiger partial charge in [0.05, 0.1) is 6.04 Å². The van der Waals surface area contributed by atoms with E-state index >= 15 is 0 Å². The second kappa shape index (κ2) is 8.46. The van der Waals surface area contributed by atoms with Crippen LogP contribution in [0.25, 0.3) is 0 Å². The molecule has 1 atom stereocenters. The zero-order valence-corrected chi connectivity index (χ0v) is 15.7. The normalized spacial score (nSPS) is 24.9. The van der Waals surface area contributed by atoms with Crippen LogP contribution in [0.3, 0.4) is 0 Å². The molecular formula is C22H28N4O+2. The van der Waals surface area contributed by atoms with Crippen molar-refractivity contribution >= 4 is 12.1 Å². The van der Waals surface area contributed by atoms with Gasteiger partial charge in [0, 0.05) is 18.2 Å². The maximum Gasteiger partial charge on any atom is 0.298 e. The van der Waals surface area contributed by atoms with Crippen LogP contribution in [0, 0.1) is 0 Å². The second-order valence-electron chi connectivity index (χ2n) is 7.54. The average Bonchev–Trinajstić information content (AvgIpc) is 3.21. The number of amides is 1. The van der Waals surface area contributed by atoms with Crippen molar-refractivity contribution in [2.24, 2.45) is 5.10 Å². The Morgan fingerprint density at radius 2 is 1.56 bits per heavy atom. The number of benzene rings is 2. The third-order valence-electron chi connectivity index (χ3n) is 5.63. The molecule has 1 amide bonds. The third-order valence-corrected chi connectivity index (χ3v) is 5.63. The summed E-state index contributed by atoms with van der Waals surface area (Å²) in [6, 6.07) is 21.0. The number of nitrogens with zero attached hydrogens (tertiary/aromatic N) is 2. The van der Waals surface area contributed by atoms with Gasteiger partial charge < -0.3 is 9.80 Å². The van der Waals surface area contributed by atoms with Gasteiger partial charge in [0.1, 0.15) is 32.7 Å². The molecule has 2 aromatic rings. The summed E-state index contributed by atoms with van der Waals surface area (Å²) in [5.74, 6) is 0.138. The van der Waals surface area contributed by atoms with Gasteiger partial charge in [-0.05, 0) is 5.56 Å². The van der Waals surface area contributed by atoms with Crippen LogP contribution < -0.4 is 9.80 Å². The Morgan fingerprint density at radius 1 is 0.926 bits per heavy atom. The Labute approximate surface area is 160 Å². The molecule has 2 N–H and O–H groups in total. The van der Waals surface area contributed by atoms with Gasteiger partial charge in [-0.25, -0.2) is 5.01 Å². The topological polar surface area (TPSA) is 41.6 Å². The predicted octanol–water partition coefficient (Wildman–Crippen LogP) is -0.0706. The van der Waals surface area contributed by atoms with Gasteiger partial charge >= 0.3 is 0 Å². The molecular weight excluding hydrogens is 336 g/mol. The molecule has 2 aliphatic rings. The SMILES string of the molecule is O=C(C[NH+]1CC[NH+](Cc2ccccc2)CC1)N1N=CC[C@H]1c1ccccc1. The van der Waals surface area contributed by atoms with Crippen LogP contribution in [-0.2, 0) is 11.3 Å². The van der Waals surface area contributed by atoms with Crippen LogP contribution >= 0.6 is 0 Å². The van der Waals surface area contributed by atoms with Gasteiger partial charge in [-0.3, -0.25) is 4.79 Å². The number of piperazine rings is 1. The molecule has 2 heterocycles. The van der Waals surface area contributed by atoms with Crippen molar-refractivity contribution in [3.05, 3.63) is 71.8 Å². The highest BCUT2D eigenvalue weighted by Gasteiger charge is 2.32. The number of hydrogen-bond acceptors (Lipinski definition) is 2. The molecule has 0 bridgehead atoms. The minimum absolute atomic E-state index is 0.0584. The Kier molecular flexibility index (Phi) is 5.61. The van der Waals surface area contributed by atoms with E-state index in [0.717, 1.165) is 44.7 Å². The van der Waals surface area contributed by atoms with E-state index in [-0.39, 0.29) is 11.9 Å². The van der Waals surface area contributed by atoms with Gasteiger partial charge in [-0.15, -0.1) is 0 Å². The number of rotatable bonds is 5. The van der Waals surface area contributed by atoms with Crippen molar-refractivity contribution in [1.29, 1.82) is 0 Å². The van der Waals surface area contributed by atoms with E-state index < -0.39 is 0 Å². The Hall–Kier alpha value is -2.50. The number of quaternary nitrogens is 2. The van der Waals surface area contributed by atoms with Crippen LogP contribution in [0.1, 0.15) is 23.6 Å². The molecule has 5 nitrogen and oxygen atoms in total. The van der Waals surface area contributed by atoms with Crippen molar-refractivity contribution in [1.82, 2.24) is 5.01 Å². The molecule has 1 saturated heterocycles. The Morgan fingerprint density at radius 3 is 2.26 bits per heavy atom. The smallest absolute Gasteiger partial charge is 0.298 e. The van der Waals surface area contributed by atoms with Gasteiger partial charge in [0.25, 0.3) is 5.91 Å². The van der Waals surface area contributed by atoms with Gasteiger partial charge in [0.15, 0.2) is 6.54 Å². The molecule has 5 heteroatoms. The minimum Gasteiger partial charge on any atom is -0.322 e. The first kappa shape index (κ1) is 17.9. The van der Waals surface area contributed by atoms with Crippen LogP contribution in [0.15, 0.2) is 65.8 Å². The van der Waals surface area contributed by atoms with E-state index in [1.807, 2.05) is 24.4 Å². The fraction of sp³-hybridized carbons (Fsp3) is 0.364. The van der Waals surface area contributed by atoms with Crippen molar-refractivity contribution in [2.75, 3.05) is 32.7 Å². The maximum absolute atomic E-state index is 12.9. The summed E-state index contributed by atoms with van der Waals surface area (Å²) in [4.78, 5) is 15.8. The summed E-state index contributed by atoms with van der Waals surface area (Å²) in [6.07, 6.45) is 2.67. The Balaban J connectivity index is 1.28. The summed E-state index contributed by atoms with van der Waals surface area (Å²) >= 11 is 0. The molecule has 27 heavy (non-hydrogen) atoms. The number of carbonyl (C=O) groups is 1. The number of hydrazone groups is 1. The molecule has 2 aromatic carbocycles. The van der Waals surface area contributed by atoms with Crippen LogP contribution in [0.2, 0.25) is 0 Å². The van der Waals surface area contributed by atoms with Crippen LogP contribution in [0.5, 0.6) is 0 Å². The lowest BCUT2D eigenvalue weighted by Gasteiger charge is -2.30. The first-order valence-corrected chi connectivity index (χ1v) is 9.90. The van der Waals surface area contributed by atoms with Crippen molar-refractivity contribution in [3.63, 3.8) is 0 Å². The number of hydrogen-bond donors (Lipinski definition) is 2. The molecule has 140 valence electrons. The summed E-state index contributed by atoms with van der Waals surface area (Å²) in [5.41, 5.74) is 2.56. The Bertz CT molecular complexity index is 769. The summed E-state index contributed by atoms with van der Waals surface area (Å²) in [5, 5.41) is 6.07. The number of carbonyl (C=O) groups excluding carboxylic acids is 1. The highest BCUT2D eigenvalue weighted by atomic mass is 16.2. The largest absolute Gasteiger partial charge is 0.322 e. The average molecular weight is 364 g/mol. The second-order valence-corrected chi connectivity index (χ2v) is 7.54. The lowest BCUT2D eigenvalue weighted by Crippen LogP contribution is -3.28. The summed E-state index contributed by atoms with van der Waals surface area (Å²) < 4.78 is 0. The molecule has 0 radical (unpaired) electrons. The number of nitrogens with one attached hydrogen (secondary N) is 2. The van der Waals surface area contributed by atoms with E-state index in [1.54, 1.807) is 9.91 Å². The predicted molar refractivity (Wildman–Crippen MR) is 106 cm³/mol. The first-order valence-electron chi connectivity index (χ1n) is 9.90. The van der Waals surface area contributed by atoms with E-state index in [4.69, 9.17) is 0 Å². The monoisotopic (exact) mass is 364 g/mol. The van der Waals surface area contributed by atoms with E-state index in [9.17, 15) is 4.79 Å².